The number of alkyl halides is 3. The molecule has 0 unspecified atom stereocenters. The zero-order valence-electron chi connectivity index (χ0n) is 13.1. The summed E-state index contributed by atoms with van der Waals surface area (Å²) in [5.41, 5.74) is 0.905. The molecular weight excluding hydrogens is 367 g/mol. The first-order valence-electron chi connectivity index (χ1n) is 7.40. The lowest BCUT2D eigenvalue weighted by Gasteiger charge is -2.10. The Morgan fingerprint density at radius 2 is 1.77 bits per heavy atom. The molecule has 0 aliphatic carbocycles. The van der Waals surface area contributed by atoms with E-state index in [-0.39, 0.29) is 10.8 Å². The van der Waals surface area contributed by atoms with Gasteiger partial charge >= 0.3 is 6.18 Å². The van der Waals surface area contributed by atoms with Crippen LogP contribution in [-0.4, -0.2) is 15.9 Å². The Bertz CT molecular complexity index is 929. The smallest absolute Gasteiger partial charge is 0.305 e. The van der Waals surface area contributed by atoms with Crippen molar-refractivity contribution in [1.29, 1.82) is 0 Å². The number of nitrogens with one attached hydrogen (secondary N) is 1. The average Bonchev–Trinajstić information content (AvgIpc) is 2.63. The first-order valence-corrected chi connectivity index (χ1v) is 7.78. The van der Waals surface area contributed by atoms with Crippen molar-refractivity contribution in [2.75, 3.05) is 5.32 Å². The molecule has 1 amide bonds. The van der Waals surface area contributed by atoms with Crippen LogP contribution in [0.2, 0.25) is 5.02 Å². The van der Waals surface area contributed by atoms with Crippen LogP contribution >= 0.6 is 11.6 Å². The summed E-state index contributed by atoms with van der Waals surface area (Å²) in [6.07, 6.45) is -2.28. The van der Waals surface area contributed by atoms with Gasteiger partial charge < -0.3 is 5.32 Å². The summed E-state index contributed by atoms with van der Waals surface area (Å²) >= 11 is 5.79. The number of pyridine rings is 2. The second-order valence-electron chi connectivity index (χ2n) is 5.30. The van der Waals surface area contributed by atoms with E-state index < -0.39 is 17.6 Å². The molecule has 26 heavy (non-hydrogen) atoms. The van der Waals surface area contributed by atoms with Crippen LogP contribution in [0.3, 0.4) is 0 Å². The van der Waals surface area contributed by atoms with Crippen LogP contribution in [0.15, 0.2) is 60.9 Å². The maximum Gasteiger partial charge on any atom is 0.417 e. The molecule has 3 aromatic rings. The Kier molecular flexibility index (Phi) is 4.90. The van der Waals surface area contributed by atoms with Crippen LogP contribution in [0.4, 0.5) is 19.0 Å². The van der Waals surface area contributed by atoms with Crippen molar-refractivity contribution in [3.63, 3.8) is 0 Å². The Morgan fingerprint density at radius 1 is 1.04 bits per heavy atom. The van der Waals surface area contributed by atoms with Gasteiger partial charge in [-0.25, -0.2) is 4.98 Å². The summed E-state index contributed by atoms with van der Waals surface area (Å²) in [6, 6.07) is 12.8. The van der Waals surface area contributed by atoms with Gasteiger partial charge in [0.2, 0.25) is 0 Å². The summed E-state index contributed by atoms with van der Waals surface area (Å²) in [5.74, 6) is -0.676. The Hall–Kier alpha value is -2.93. The fourth-order valence-corrected chi connectivity index (χ4v) is 2.40. The van der Waals surface area contributed by atoms with Crippen LogP contribution in [0.1, 0.15) is 15.9 Å². The minimum absolute atomic E-state index is 0.140. The number of aromatic nitrogens is 2. The van der Waals surface area contributed by atoms with E-state index in [1.165, 1.54) is 0 Å². The number of hydrogen-bond acceptors (Lipinski definition) is 3. The first-order chi connectivity index (χ1) is 12.3. The third-order valence-electron chi connectivity index (χ3n) is 3.51. The topological polar surface area (TPSA) is 54.9 Å². The lowest BCUT2D eigenvalue weighted by molar-refractivity contribution is -0.137. The minimum Gasteiger partial charge on any atom is -0.305 e. The number of nitrogens with zero attached hydrogens (tertiary/aromatic N) is 2. The lowest BCUT2D eigenvalue weighted by atomic mass is 10.1. The molecule has 0 saturated carbocycles. The van der Waals surface area contributed by atoms with E-state index in [4.69, 9.17) is 11.6 Å². The van der Waals surface area contributed by atoms with Crippen LogP contribution < -0.4 is 5.32 Å². The van der Waals surface area contributed by atoms with Crippen molar-refractivity contribution in [3.8, 4) is 11.3 Å². The molecule has 2 aromatic heterocycles. The molecule has 0 spiro atoms. The highest BCUT2D eigenvalue weighted by Gasteiger charge is 2.31. The number of amides is 1. The molecule has 132 valence electrons. The summed E-state index contributed by atoms with van der Waals surface area (Å²) in [6.45, 7) is 0. The van der Waals surface area contributed by atoms with E-state index in [1.807, 2.05) is 12.1 Å². The predicted octanol–water partition coefficient (Wildman–Crippen LogP) is 5.07. The SMILES string of the molecule is O=C(Nc1ncc(C(F)(F)F)cc1Cl)c1ccc(-c2ccccn2)cc1. The number of hydrogen-bond donors (Lipinski definition) is 1. The third kappa shape index (κ3) is 4.00. The van der Waals surface area contributed by atoms with Crippen molar-refractivity contribution in [2.24, 2.45) is 0 Å². The van der Waals surface area contributed by atoms with Gasteiger partial charge in [0.15, 0.2) is 5.82 Å². The van der Waals surface area contributed by atoms with E-state index in [0.717, 1.165) is 11.3 Å². The average molecular weight is 378 g/mol. The second-order valence-corrected chi connectivity index (χ2v) is 5.71. The van der Waals surface area contributed by atoms with Gasteiger partial charge in [0.1, 0.15) is 0 Å². The summed E-state index contributed by atoms with van der Waals surface area (Å²) < 4.78 is 37.8. The van der Waals surface area contributed by atoms with Crippen LogP contribution in [0.25, 0.3) is 11.3 Å². The molecule has 1 N–H and O–H groups in total. The number of carbonyl (C=O) groups excluding carboxylic acids is 1. The van der Waals surface area contributed by atoms with Gasteiger partial charge in [-0.1, -0.05) is 29.8 Å². The number of carbonyl (C=O) groups is 1. The molecule has 1 aromatic carbocycles. The largest absolute Gasteiger partial charge is 0.417 e. The van der Waals surface area contributed by atoms with Gasteiger partial charge in [0.05, 0.1) is 16.3 Å². The van der Waals surface area contributed by atoms with Crippen molar-refractivity contribution in [3.05, 3.63) is 77.1 Å². The molecule has 3 rings (SSSR count). The molecule has 4 nitrogen and oxygen atoms in total. The Morgan fingerprint density at radius 3 is 2.35 bits per heavy atom. The molecular formula is C18H11ClF3N3O. The molecule has 0 bridgehead atoms. The van der Waals surface area contributed by atoms with E-state index in [0.29, 0.717) is 17.8 Å². The van der Waals surface area contributed by atoms with E-state index in [2.05, 4.69) is 15.3 Å². The van der Waals surface area contributed by atoms with E-state index in [9.17, 15) is 18.0 Å². The monoisotopic (exact) mass is 377 g/mol. The summed E-state index contributed by atoms with van der Waals surface area (Å²) in [4.78, 5) is 20.0. The number of benzene rings is 1. The fraction of sp³-hybridized carbons (Fsp3) is 0.0556. The third-order valence-corrected chi connectivity index (χ3v) is 3.80. The molecule has 0 aliphatic heterocycles. The highest BCUT2D eigenvalue weighted by Crippen LogP contribution is 2.32. The van der Waals surface area contributed by atoms with E-state index >= 15 is 0 Å². The predicted molar refractivity (Wildman–Crippen MR) is 91.9 cm³/mol. The molecule has 0 radical (unpaired) electrons. The quantitative estimate of drug-likeness (QED) is 0.693. The van der Waals surface area contributed by atoms with Gasteiger partial charge in [-0.3, -0.25) is 9.78 Å². The molecule has 2 heterocycles. The molecule has 0 saturated heterocycles. The number of halogens is 4. The lowest BCUT2D eigenvalue weighted by Crippen LogP contribution is -2.14. The fourth-order valence-electron chi connectivity index (χ4n) is 2.19. The van der Waals surface area contributed by atoms with Crippen molar-refractivity contribution < 1.29 is 18.0 Å². The minimum atomic E-state index is -4.56. The van der Waals surface area contributed by atoms with Gasteiger partial charge in [-0.15, -0.1) is 0 Å². The normalized spacial score (nSPS) is 11.2. The molecule has 0 atom stereocenters. The van der Waals surface area contributed by atoms with Crippen molar-refractivity contribution in [2.45, 2.75) is 6.18 Å². The summed E-state index contributed by atoms with van der Waals surface area (Å²) in [5, 5.41) is 2.11. The van der Waals surface area contributed by atoms with Gasteiger partial charge in [-0.2, -0.15) is 13.2 Å². The summed E-state index contributed by atoms with van der Waals surface area (Å²) in [7, 11) is 0. The highest BCUT2D eigenvalue weighted by molar-refractivity contribution is 6.33. The van der Waals surface area contributed by atoms with Gasteiger partial charge in [-0.05, 0) is 30.3 Å². The van der Waals surface area contributed by atoms with E-state index in [1.54, 1.807) is 36.5 Å². The first kappa shape index (κ1) is 17.9. The zero-order chi connectivity index (χ0) is 18.7. The van der Waals surface area contributed by atoms with Crippen molar-refractivity contribution >= 4 is 23.3 Å². The maximum absolute atomic E-state index is 12.6. The van der Waals surface area contributed by atoms with Crippen molar-refractivity contribution in [1.82, 2.24) is 9.97 Å². The van der Waals surface area contributed by atoms with Crippen LogP contribution in [-0.2, 0) is 6.18 Å². The van der Waals surface area contributed by atoms with Crippen LogP contribution in [0, 0.1) is 0 Å². The highest BCUT2D eigenvalue weighted by atomic mass is 35.5. The van der Waals surface area contributed by atoms with Gasteiger partial charge in [0, 0.05) is 23.5 Å². The zero-order valence-corrected chi connectivity index (χ0v) is 13.8. The maximum atomic E-state index is 12.6. The standard InChI is InChI=1S/C18H11ClF3N3O/c19-14-9-13(18(20,21)22)10-24-16(14)25-17(26)12-6-4-11(5-7-12)15-3-1-2-8-23-15/h1-10H,(H,24,25,26). The van der Waals surface area contributed by atoms with Crippen LogP contribution in [0.5, 0.6) is 0 Å². The Labute approximate surface area is 151 Å². The molecule has 0 aliphatic rings. The molecule has 8 heteroatoms. The second kappa shape index (κ2) is 7.13. The molecule has 0 fully saturated rings. The number of anilines is 1. The number of rotatable bonds is 3. The van der Waals surface area contributed by atoms with Gasteiger partial charge in [0.25, 0.3) is 5.91 Å². The Balaban J connectivity index is 1.76.